The topological polar surface area (TPSA) is 66.4 Å². The Balaban J connectivity index is 2.02. The van der Waals surface area contributed by atoms with Gasteiger partial charge in [0.15, 0.2) is 0 Å². The average Bonchev–Trinajstić information content (AvgIpc) is 3.18. The number of carboxylic acid groups (broad SMARTS) is 1. The van der Waals surface area contributed by atoms with Gasteiger partial charge in [-0.3, -0.25) is 9.59 Å². The summed E-state index contributed by atoms with van der Waals surface area (Å²) in [7, 11) is 0. The van der Waals surface area contributed by atoms with E-state index in [1.165, 1.54) is 12.1 Å². The number of nitrogens with one attached hydrogen (secondary N) is 1. The van der Waals surface area contributed by atoms with Gasteiger partial charge in [-0.05, 0) is 31.0 Å². The van der Waals surface area contributed by atoms with Crippen LogP contribution in [0.5, 0.6) is 0 Å². The minimum atomic E-state index is -4.44. The first-order valence-electron chi connectivity index (χ1n) is 6.40. The summed E-state index contributed by atoms with van der Waals surface area (Å²) in [6, 6.07) is 4.08. The van der Waals surface area contributed by atoms with Crippen molar-refractivity contribution in [2.45, 2.75) is 25.6 Å². The van der Waals surface area contributed by atoms with Gasteiger partial charge in [-0.1, -0.05) is 12.1 Å². The van der Waals surface area contributed by atoms with Gasteiger partial charge in [0, 0.05) is 0 Å². The lowest BCUT2D eigenvalue weighted by Crippen LogP contribution is -2.29. The van der Waals surface area contributed by atoms with Crippen molar-refractivity contribution in [3.05, 3.63) is 35.4 Å². The average molecular weight is 301 g/mol. The highest BCUT2D eigenvalue weighted by Gasteiger charge is 2.48. The molecule has 7 heteroatoms. The number of hydrogen-bond acceptors (Lipinski definition) is 2. The standard InChI is InChI=1S/C14H14F3NO3/c1-7(18-12(19)10-6-11(10)13(20)21)8-3-2-4-9(5-8)14(15,16)17/h2-5,7,10-11H,6H2,1H3,(H,18,19)(H,20,21)/t7-,10+,11+/m0/s1. The number of benzene rings is 1. The van der Waals surface area contributed by atoms with Gasteiger partial charge in [0.2, 0.25) is 5.91 Å². The van der Waals surface area contributed by atoms with E-state index in [9.17, 15) is 22.8 Å². The van der Waals surface area contributed by atoms with Crippen LogP contribution in [0.3, 0.4) is 0 Å². The summed E-state index contributed by atoms with van der Waals surface area (Å²) >= 11 is 0. The van der Waals surface area contributed by atoms with Crippen LogP contribution < -0.4 is 5.32 Å². The highest BCUT2D eigenvalue weighted by atomic mass is 19.4. The molecule has 4 nitrogen and oxygen atoms in total. The second-order valence-electron chi connectivity index (χ2n) is 5.14. The normalized spacial score (nSPS) is 22.5. The van der Waals surface area contributed by atoms with Crippen molar-refractivity contribution in [1.29, 1.82) is 0 Å². The fourth-order valence-electron chi connectivity index (χ4n) is 2.15. The number of halogens is 3. The quantitative estimate of drug-likeness (QED) is 0.898. The molecule has 1 aliphatic rings. The number of carbonyl (C=O) groups is 2. The lowest BCUT2D eigenvalue weighted by Gasteiger charge is -2.16. The minimum absolute atomic E-state index is 0.274. The first-order chi connectivity index (χ1) is 9.70. The molecule has 2 N–H and O–H groups in total. The van der Waals surface area contributed by atoms with E-state index in [-0.39, 0.29) is 6.42 Å². The molecule has 0 radical (unpaired) electrons. The molecule has 0 spiro atoms. The summed E-state index contributed by atoms with van der Waals surface area (Å²) in [5, 5.41) is 11.3. The van der Waals surface area contributed by atoms with Gasteiger partial charge in [-0.25, -0.2) is 0 Å². The molecule has 0 heterocycles. The molecule has 1 aliphatic carbocycles. The van der Waals surface area contributed by atoms with Crippen LogP contribution in [0.25, 0.3) is 0 Å². The van der Waals surface area contributed by atoms with Crippen molar-refractivity contribution in [2.75, 3.05) is 0 Å². The second-order valence-corrected chi connectivity index (χ2v) is 5.14. The molecule has 1 fully saturated rings. The Labute approximate surface area is 119 Å². The Morgan fingerprint density at radius 1 is 1.33 bits per heavy atom. The molecule has 0 aromatic heterocycles. The number of carbonyl (C=O) groups excluding carboxylic acids is 1. The zero-order chi connectivity index (χ0) is 15.8. The van der Waals surface area contributed by atoms with E-state index < -0.39 is 41.5 Å². The van der Waals surface area contributed by atoms with E-state index in [1.54, 1.807) is 6.92 Å². The highest BCUT2D eigenvalue weighted by molar-refractivity contribution is 5.89. The summed E-state index contributed by atoms with van der Waals surface area (Å²) in [5.41, 5.74) is -0.457. The van der Waals surface area contributed by atoms with Gasteiger partial charge >= 0.3 is 12.1 Å². The van der Waals surface area contributed by atoms with Crippen molar-refractivity contribution >= 4 is 11.9 Å². The highest BCUT2D eigenvalue weighted by Crippen LogP contribution is 2.39. The molecule has 114 valence electrons. The maximum Gasteiger partial charge on any atom is 0.416 e. The Kier molecular flexibility index (Phi) is 3.93. The van der Waals surface area contributed by atoms with Crippen LogP contribution in [0, 0.1) is 11.8 Å². The number of amides is 1. The molecular formula is C14H14F3NO3. The third-order valence-corrected chi connectivity index (χ3v) is 3.52. The van der Waals surface area contributed by atoms with Crippen LogP contribution in [0.4, 0.5) is 13.2 Å². The second kappa shape index (κ2) is 5.38. The number of hydrogen-bond donors (Lipinski definition) is 2. The number of carboxylic acids is 1. The molecule has 0 unspecified atom stereocenters. The van der Waals surface area contributed by atoms with Crippen LogP contribution in [0.15, 0.2) is 24.3 Å². The van der Waals surface area contributed by atoms with Crippen LogP contribution >= 0.6 is 0 Å². The van der Waals surface area contributed by atoms with Crippen molar-refractivity contribution < 1.29 is 27.9 Å². The minimum Gasteiger partial charge on any atom is -0.481 e. The van der Waals surface area contributed by atoms with E-state index in [4.69, 9.17) is 5.11 Å². The molecule has 1 aromatic rings. The van der Waals surface area contributed by atoms with Crippen molar-refractivity contribution in [2.24, 2.45) is 11.8 Å². The van der Waals surface area contributed by atoms with Crippen LogP contribution in [-0.4, -0.2) is 17.0 Å². The van der Waals surface area contributed by atoms with Gasteiger partial charge < -0.3 is 10.4 Å². The largest absolute Gasteiger partial charge is 0.481 e. The van der Waals surface area contributed by atoms with Gasteiger partial charge in [0.1, 0.15) is 0 Å². The molecule has 1 amide bonds. The van der Waals surface area contributed by atoms with Crippen LogP contribution in [0.1, 0.15) is 30.5 Å². The van der Waals surface area contributed by atoms with Crippen molar-refractivity contribution in [3.63, 3.8) is 0 Å². The molecule has 0 bridgehead atoms. The summed E-state index contributed by atoms with van der Waals surface area (Å²) in [6.07, 6.45) is -4.17. The van der Waals surface area contributed by atoms with E-state index in [0.29, 0.717) is 5.56 Å². The third-order valence-electron chi connectivity index (χ3n) is 3.52. The third kappa shape index (κ3) is 3.53. The maximum atomic E-state index is 12.6. The molecular weight excluding hydrogens is 287 g/mol. The zero-order valence-electron chi connectivity index (χ0n) is 11.1. The van der Waals surface area contributed by atoms with Crippen LogP contribution in [0.2, 0.25) is 0 Å². The molecule has 2 rings (SSSR count). The van der Waals surface area contributed by atoms with Gasteiger partial charge in [-0.15, -0.1) is 0 Å². The predicted molar refractivity (Wildman–Crippen MR) is 67.2 cm³/mol. The van der Waals surface area contributed by atoms with E-state index in [1.807, 2.05) is 0 Å². The smallest absolute Gasteiger partial charge is 0.416 e. The Morgan fingerprint density at radius 2 is 2.00 bits per heavy atom. The van der Waals surface area contributed by atoms with Crippen molar-refractivity contribution in [1.82, 2.24) is 5.32 Å². The van der Waals surface area contributed by atoms with Gasteiger partial charge in [0.25, 0.3) is 0 Å². The Morgan fingerprint density at radius 3 is 2.52 bits per heavy atom. The lowest BCUT2D eigenvalue weighted by atomic mass is 10.0. The van der Waals surface area contributed by atoms with E-state index >= 15 is 0 Å². The first-order valence-corrected chi connectivity index (χ1v) is 6.40. The fourth-order valence-corrected chi connectivity index (χ4v) is 2.15. The Bertz CT molecular complexity index is 571. The molecule has 1 saturated carbocycles. The first kappa shape index (κ1) is 15.3. The number of rotatable bonds is 4. The van der Waals surface area contributed by atoms with Gasteiger partial charge in [-0.2, -0.15) is 13.2 Å². The molecule has 1 aromatic carbocycles. The van der Waals surface area contributed by atoms with E-state index in [2.05, 4.69) is 5.32 Å². The summed E-state index contributed by atoms with van der Waals surface area (Å²) in [6.45, 7) is 1.56. The molecule has 3 atom stereocenters. The fraction of sp³-hybridized carbons (Fsp3) is 0.429. The number of alkyl halides is 3. The monoisotopic (exact) mass is 301 g/mol. The lowest BCUT2D eigenvalue weighted by molar-refractivity contribution is -0.140. The predicted octanol–water partition coefficient (Wildman–Crippen LogP) is 2.60. The SMILES string of the molecule is C[C@H](NC(=O)[C@@H]1C[C@H]1C(=O)O)c1cccc(C(F)(F)F)c1. The molecule has 0 saturated heterocycles. The van der Waals surface area contributed by atoms with Gasteiger partial charge in [0.05, 0.1) is 23.4 Å². The van der Waals surface area contributed by atoms with E-state index in [0.717, 1.165) is 12.1 Å². The molecule has 21 heavy (non-hydrogen) atoms. The summed E-state index contributed by atoms with van der Waals surface area (Å²) in [4.78, 5) is 22.5. The summed E-state index contributed by atoms with van der Waals surface area (Å²) in [5.74, 6) is -2.73. The van der Waals surface area contributed by atoms with Crippen LogP contribution in [-0.2, 0) is 15.8 Å². The molecule has 0 aliphatic heterocycles. The number of aliphatic carboxylic acids is 1. The zero-order valence-corrected chi connectivity index (χ0v) is 11.1. The maximum absolute atomic E-state index is 12.6. The summed E-state index contributed by atoms with van der Waals surface area (Å²) < 4.78 is 37.9. The Hall–Kier alpha value is -2.05. The van der Waals surface area contributed by atoms with Crippen molar-refractivity contribution in [3.8, 4) is 0 Å².